The average molecular weight is 393 g/mol. The number of rotatable bonds is 4. The molecule has 0 unspecified atom stereocenters. The van der Waals surface area contributed by atoms with Gasteiger partial charge in [0.25, 0.3) is 5.91 Å². The second kappa shape index (κ2) is 7.28. The number of hydrogen-bond donors (Lipinski definition) is 0. The summed E-state index contributed by atoms with van der Waals surface area (Å²) in [7, 11) is 0. The Morgan fingerprint density at radius 1 is 1.14 bits per heavy atom. The Kier molecular flexibility index (Phi) is 4.60. The first-order chi connectivity index (χ1) is 14.1. The number of aromatic nitrogens is 4. The van der Waals surface area contributed by atoms with Crippen LogP contribution in [0.1, 0.15) is 98.3 Å². The largest absolute Gasteiger partial charge is 0.339 e. The van der Waals surface area contributed by atoms with E-state index < -0.39 is 0 Å². The number of carbonyl (C=O) groups excluding carboxylic acids is 1. The molecular formula is C22H27N5O2. The van der Waals surface area contributed by atoms with E-state index in [-0.39, 0.29) is 17.9 Å². The minimum Gasteiger partial charge on any atom is -0.339 e. The number of fused-ring (bicyclic) bond motifs is 1. The molecule has 1 amide bonds. The molecule has 0 aromatic carbocycles. The summed E-state index contributed by atoms with van der Waals surface area (Å²) in [6, 6.07) is 5.80. The van der Waals surface area contributed by atoms with Crippen molar-refractivity contribution in [1.82, 2.24) is 24.4 Å². The maximum atomic E-state index is 13.7. The first-order valence-electron chi connectivity index (χ1n) is 10.7. The fraction of sp³-hybridized carbons (Fsp3) is 0.545. The summed E-state index contributed by atoms with van der Waals surface area (Å²) < 4.78 is 7.54. The van der Waals surface area contributed by atoms with E-state index in [4.69, 9.17) is 9.51 Å². The molecule has 1 saturated carbocycles. The van der Waals surface area contributed by atoms with Gasteiger partial charge in [-0.05, 0) is 37.8 Å². The fourth-order valence-electron chi connectivity index (χ4n) is 4.22. The zero-order chi connectivity index (χ0) is 20.0. The number of hydrogen-bond acceptors (Lipinski definition) is 5. The fourth-order valence-corrected chi connectivity index (χ4v) is 4.22. The van der Waals surface area contributed by atoms with Gasteiger partial charge in [0.2, 0.25) is 5.89 Å². The molecule has 2 aliphatic rings. The molecule has 1 aliphatic carbocycles. The Morgan fingerprint density at radius 3 is 2.76 bits per heavy atom. The zero-order valence-electron chi connectivity index (χ0n) is 17.0. The van der Waals surface area contributed by atoms with E-state index in [0.29, 0.717) is 29.9 Å². The highest BCUT2D eigenvalue weighted by Crippen LogP contribution is 2.40. The van der Waals surface area contributed by atoms with Crippen molar-refractivity contribution >= 4 is 11.4 Å². The summed E-state index contributed by atoms with van der Waals surface area (Å²) in [5, 5.41) is 4.23. The van der Waals surface area contributed by atoms with Gasteiger partial charge in [-0.3, -0.25) is 4.79 Å². The summed E-state index contributed by atoms with van der Waals surface area (Å²) in [6.07, 6.45) is 8.30. The Labute approximate surface area is 170 Å². The molecule has 1 saturated heterocycles. The Morgan fingerprint density at radius 2 is 2.00 bits per heavy atom. The van der Waals surface area contributed by atoms with Crippen molar-refractivity contribution in [2.24, 2.45) is 0 Å². The third-order valence-electron chi connectivity index (χ3n) is 5.98. The number of amides is 1. The van der Waals surface area contributed by atoms with E-state index in [1.807, 2.05) is 43.1 Å². The van der Waals surface area contributed by atoms with Crippen molar-refractivity contribution in [1.29, 1.82) is 0 Å². The monoisotopic (exact) mass is 393 g/mol. The highest BCUT2D eigenvalue weighted by molar-refractivity contribution is 5.99. The standard InChI is InChI=1S/C22H27N5O2/c1-14(2)21-24-19(25-29-21)17-9-4-3-6-13-27(17)22(28)18-16-8-5-7-12-26(16)20(23-18)15-10-11-15/h5,7-8,12,14-15,17H,3-4,6,9-11,13H2,1-2H3/t17-/m0/s1. The molecule has 4 heterocycles. The molecule has 0 bridgehead atoms. The van der Waals surface area contributed by atoms with Gasteiger partial charge >= 0.3 is 0 Å². The van der Waals surface area contributed by atoms with Crippen molar-refractivity contribution in [3.05, 3.63) is 47.6 Å². The van der Waals surface area contributed by atoms with E-state index in [1.165, 1.54) is 0 Å². The molecule has 7 nitrogen and oxygen atoms in total. The molecule has 152 valence electrons. The predicted octanol–water partition coefficient (Wildman–Crippen LogP) is 4.48. The first-order valence-corrected chi connectivity index (χ1v) is 10.7. The minimum atomic E-state index is -0.161. The van der Waals surface area contributed by atoms with Gasteiger partial charge in [-0.25, -0.2) is 4.98 Å². The third-order valence-corrected chi connectivity index (χ3v) is 5.98. The average Bonchev–Trinajstić information content (AvgIpc) is 3.39. The molecule has 1 aliphatic heterocycles. The zero-order valence-corrected chi connectivity index (χ0v) is 17.0. The number of imidazole rings is 1. The molecule has 1 atom stereocenters. The van der Waals surface area contributed by atoms with Crippen LogP contribution >= 0.6 is 0 Å². The lowest BCUT2D eigenvalue weighted by atomic mass is 10.1. The minimum absolute atomic E-state index is 0.0246. The smallest absolute Gasteiger partial charge is 0.275 e. The summed E-state index contributed by atoms with van der Waals surface area (Å²) in [4.78, 5) is 25.1. The lowest BCUT2D eigenvalue weighted by Crippen LogP contribution is -2.35. The van der Waals surface area contributed by atoms with Crippen LogP contribution in [0.5, 0.6) is 0 Å². The summed E-state index contributed by atoms with van der Waals surface area (Å²) >= 11 is 0. The molecule has 0 radical (unpaired) electrons. The van der Waals surface area contributed by atoms with Crippen LogP contribution in [-0.4, -0.2) is 36.9 Å². The number of likely N-dealkylation sites (tertiary alicyclic amines) is 1. The highest BCUT2D eigenvalue weighted by atomic mass is 16.5. The van der Waals surface area contributed by atoms with Crippen molar-refractivity contribution in [2.45, 2.75) is 70.3 Å². The molecule has 3 aromatic heterocycles. The summed E-state index contributed by atoms with van der Waals surface area (Å²) in [5.74, 6) is 2.87. The van der Waals surface area contributed by atoms with Gasteiger partial charge < -0.3 is 13.8 Å². The SMILES string of the molecule is CC(C)c1nc([C@@H]2CCCCCN2C(=O)c2nc(C3CC3)n3ccccc23)no1. The van der Waals surface area contributed by atoms with Gasteiger partial charge in [-0.15, -0.1) is 0 Å². The van der Waals surface area contributed by atoms with Gasteiger partial charge in [-0.1, -0.05) is 37.9 Å². The van der Waals surface area contributed by atoms with E-state index in [1.54, 1.807) is 0 Å². The molecule has 0 N–H and O–H groups in total. The normalized spacial score (nSPS) is 20.4. The number of nitrogens with zero attached hydrogens (tertiary/aromatic N) is 5. The Balaban J connectivity index is 1.53. The topological polar surface area (TPSA) is 76.5 Å². The molecule has 29 heavy (non-hydrogen) atoms. The van der Waals surface area contributed by atoms with Crippen molar-refractivity contribution in [3.8, 4) is 0 Å². The summed E-state index contributed by atoms with van der Waals surface area (Å²) in [5.41, 5.74) is 1.44. The van der Waals surface area contributed by atoms with Gasteiger partial charge in [0, 0.05) is 24.6 Å². The molecule has 5 rings (SSSR count). The summed E-state index contributed by atoms with van der Waals surface area (Å²) in [6.45, 7) is 4.76. The van der Waals surface area contributed by atoms with Crippen LogP contribution in [0.4, 0.5) is 0 Å². The van der Waals surface area contributed by atoms with E-state index in [0.717, 1.165) is 49.9 Å². The van der Waals surface area contributed by atoms with Gasteiger partial charge in [0.05, 0.1) is 11.6 Å². The van der Waals surface area contributed by atoms with Crippen LogP contribution in [0.3, 0.4) is 0 Å². The van der Waals surface area contributed by atoms with Gasteiger partial charge in [0.1, 0.15) is 5.82 Å². The lowest BCUT2D eigenvalue weighted by molar-refractivity contribution is 0.0667. The molecule has 3 aromatic rings. The van der Waals surface area contributed by atoms with Crippen molar-refractivity contribution < 1.29 is 9.32 Å². The van der Waals surface area contributed by atoms with Gasteiger partial charge in [-0.2, -0.15) is 4.98 Å². The third kappa shape index (κ3) is 3.32. The van der Waals surface area contributed by atoms with Crippen molar-refractivity contribution in [2.75, 3.05) is 6.54 Å². The maximum absolute atomic E-state index is 13.7. The second-order valence-electron chi connectivity index (χ2n) is 8.56. The van der Waals surface area contributed by atoms with Crippen LogP contribution in [0.2, 0.25) is 0 Å². The van der Waals surface area contributed by atoms with Crippen LogP contribution in [0, 0.1) is 0 Å². The quantitative estimate of drug-likeness (QED) is 0.653. The van der Waals surface area contributed by atoms with Crippen LogP contribution in [0.15, 0.2) is 28.9 Å². The second-order valence-corrected chi connectivity index (χ2v) is 8.56. The van der Waals surface area contributed by atoms with E-state index >= 15 is 0 Å². The Bertz CT molecular complexity index is 1030. The highest BCUT2D eigenvalue weighted by Gasteiger charge is 2.35. The predicted molar refractivity (Wildman–Crippen MR) is 108 cm³/mol. The first kappa shape index (κ1) is 18.3. The van der Waals surface area contributed by atoms with Crippen molar-refractivity contribution in [3.63, 3.8) is 0 Å². The van der Waals surface area contributed by atoms with Gasteiger partial charge in [0.15, 0.2) is 11.5 Å². The number of carbonyl (C=O) groups is 1. The lowest BCUT2D eigenvalue weighted by Gasteiger charge is -2.27. The van der Waals surface area contributed by atoms with E-state index in [2.05, 4.69) is 14.5 Å². The van der Waals surface area contributed by atoms with E-state index in [9.17, 15) is 4.79 Å². The van der Waals surface area contributed by atoms with Crippen LogP contribution in [-0.2, 0) is 0 Å². The number of pyridine rings is 1. The molecule has 2 fully saturated rings. The molecular weight excluding hydrogens is 366 g/mol. The molecule has 0 spiro atoms. The molecule has 7 heteroatoms. The van der Waals surface area contributed by atoms with Crippen LogP contribution < -0.4 is 0 Å². The Hall–Kier alpha value is -2.70. The van der Waals surface area contributed by atoms with Crippen LogP contribution in [0.25, 0.3) is 5.52 Å². The maximum Gasteiger partial charge on any atom is 0.275 e.